The van der Waals surface area contributed by atoms with E-state index in [1.165, 1.54) is 0 Å². The summed E-state index contributed by atoms with van der Waals surface area (Å²) in [5.41, 5.74) is 8.53. The monoisotopic (exact) mass is 536 g/mol. The largest absolute Gasteiger partial charge is 0.456 e. The van der Waals surface area contributed by atoms with Crippen molar-refractivity contribution in [3.05, 3.63) is 121 Å². The molecular weight excluding hydrogens is 516 g/mol. The third-order valence-corrected chi connectivity index (χ3v) is 8.57. The molecule has 0 aliphatic heterocycles. The SMILES string of the molecule is [B]c1c([B])c(-c2c3ccccc3c(-c3ccccc3)c3ccccc23)c([B])c([B])c1-c1ccc2oc3ccccc3c2c1. The Labute approximate surface area is 255 Å². The first-order valence-corrected chi connectivity index (χ1v) is 14.2. The molecule has 1 aromatic heterocycles. The van der Waals surface area contributed by atoms with E-state index in [1.807, 2.05) is 60.7 Å². The second-order valence-corrected chi connectivity index (χ2v) is 10.9. The molecule has 1 nitrogen and oxygen atoms in total. The van der Waals surface area contributed by atoms with E-state index in [2.05, 4.69) is 60.7 Å². The Morgan fingerprint density at radius 3 is 1.40 bits per heavy atom. The Morgan fingerprint density at radius 2 is 0.791 bits per heavy atom. The molecule has 43 heavy (non-hydrogen) atoms. The van der Waals surface area contributed by atoms with Crippen LogP contribution >= 0.6 is 0 Å². The molecule has 0 saturated carbocycles. The van der Waals surface area contributed by atoms with Crippen LogP contribution < -0.4 is 21.9 Å². The maximum atomic E-state index is 6.96. The van der Waals surface area contributed by atoms with Crippen LogP contribution in [0.5, 0.6) is 0 Å². The van der Waals surface area contributed by atoms with Crippen LogP contribution in [0.4, 0.5) is 0 Å². The molecule has 0 atom stereocenters. The van der Waals surface area contributed by atoms with Crippen molar-refractivity contribution in [2.75, 3.05) is 0 Å². The summed E-state index contributed by atoms with van der Waals surface area (Å²) in [7, 11) is 27.7. The van der Waals surface area contributed by atoms with E-state index in [0.29, 0.717) is 33.0 Å². The van der Waals surface area contributed by atoms with E-state index in [9.17, 15) is 0 Å². The molecule has 0 aliphatic rings. The summed E-state index contributed by atoms with van der Waals surface area (Å²) in [6.07, 6.45) is 0. The average molecular weight is 536 g/mol. The van der Waals surface area contributed by atoms with Gasteiger partial charge in [0.25, 0.3) is 0 Å². The summed E-state index contributed by atoms with van der Waals surface area (Å²) >= 11 is 0. The molecule has 5 heteroatoms. The van der Waals surface area contributed by atoms with Gasteiger partial charge in [0.1, 0.15) is 42.6 Å². The number of hydrogen-bond donors (Lipinski definition) is 0. The Bertz CT molecular complexity index is 2300. The fourth-order valence-electron chi connectivity index (χ4n) is 6.60. The molecule has 0 bridgehead atoms. The second kappa shape index (κ2) is 9.85. The average Bonchev–Trinajstić information content (AvgIpc) is 3.42. The predicted molar refractivity (Wildman–Crippen MR) is 187 cm³/mol. The van der Waals surface area contributed by atoms with Crippen LogP contribution in [0, 0.1) is 0 Å². The standard InChI is InChI=1S/C38H20B4O/c39-35-32(22-18-19-30-28(20-22)23-12-8-9-17-29(23)43-30)36(40)38(42)34(37(35)41)33-26-15-6-4-13-24(26)31(21-10-2-1-3-11-21)25-14-5-7-16-27(25)33/h1-20H. The highest BCUT2D eigenvalue weighted by atomic mass is 16.3. The minimum absolute atomic E-state index is 0.397. The number of benzene rings is 7. The van der Waals surface area contributed by atoms with Crippen molar-refractivity contribution >= 4 is 96.7 Å². The minimum atomic E-state index is 0.397. The van der Waals surface area contributed by atoms with Gasteiger partial charge in [0, 0.05) is 10.8 Å². The molecule has 0 amide bonds. The van der Waals surface area contributed by atoms with Gasteiger partial charge in [-0.25, -0.2) is 0 Å². The molecule has 1 heterocycles. The van der Waals surface area contributed by atoms with Crippen molar-refractivity contribution in [2.24, 2.45) is 0 Å². The first-order chi connectivity index (χ1) is 21.0. The summed E-state index contributed by atoms with van der Waals surface area (Å²) in [5.74, 6) is 0. The van der Waals surface area contributed by atoms with Crippen molar-refractivity contribution in [1.82, 2.24) is 0 Å². The lowest BCUT2D eigenvalue weighted by molar-refractivity contribution is 0.669. The molecule has 8 radical (unpaired) electrons. The summed E-state index contributed by atoms with van der Waals surface area (Å²) < 4.78 is 6.04. The Balaban J connectivity index is 1.43. The molecule has 8 aromatic rings. The normalized spacial score (nSPS) is 11.6. The van der Waals surface area contributed by atoms with Crippen LogP contribution in [-0.2, 0) is 0 Å². The highest BCUT2D eigenvalue weighted by Crippen LogP contribution is 2.42. The van der Waals surface area contributed by atoms with E-state index in [0.717, 1.165) is 65.7 Å². The number of furan rings is 1. The summed E-state index contributed by atoms with van der Waals surface area (Å²) in [4.78, 5) is 0. The molecule has 7 aromatic carbocycles. The quantitative estimate of drug-likeness (QED) is 0.198. The zero-order chi connectivity index (χ0) is 29.2. The third kappa shape index (κ3) is 3.85. The van der Waals surface area contributed by atoms with E-state index in [-0.39, 0.29) is 0 Å². The zero-order valence-electron chi connectivity index (χ0n) is 23.3. The van der Waals surface area contributed by atoms with E-state index >= 15 is 0 Å². The van der Waals surface area contributed by atoms with Crippen molar-refractivity contribution in [1.29, 1.82) is 0 Å². The van der Waals surface area contributed by atoms with Crippen molar-refractivity contribution in [3.8, 4) is 33.4 Å². The van der Waals surface area contributed by atoms with Gasteiger partial charge in [-0.05, 0) is 73.1 Å². The van der Waals surface area contributed by atoms with Crippen LogP contribution in [-0.4, -0.2) is 31.4 Å². The van der Waals surface area contributed by atoms with Gasteiger partial charge in [-0.2, -0.15) is 0 Å². The van der Waals surface area contributed by atoms with Crippen LogP contribution in [0.1, 0.15) is 0 Å². The molecule has 0 spiro atoms. The zero-order valence-corrected chi connectivity index (χ0v) is 23.3. The second-order valence-electron chi connectivity index (χ2n) is 10.9. The Kier molecular flexibility index (Phi) is 5.91. The smallest absolute Gasteiger partial charge is 0.135 e. The van der Waals surface area contributed by atoms with E-state index in [1.54, 1.807) is 0 Å². The Hall–Kier alpha value is -4.88. The molecule has 190 valence electrons. The van der Waals surface area contributed by atoms with E-state index in [4.69, 9.17) is 35.8 Å². The van der Waals surface area contributed by atoms with Gasteiger partial charge in [0.05, 0.1) is 0 Å². The third-order valence-electron chi connectivity index (χ3n) is 8.57. The minimum Gasteiger partial charge on any atom is -0.456 e. The molecule has 8 rings (SSSR count). The predicted octanol–water partition coefficient (Wildman–Crippen LogP) is 6.07. The van der Waals surface area contributed by atoms with Crippen LogP contribution in [0.25, 0.3) is 76.9 Å². The van der Waals surface area contributed by atoms with Crippen molar-refractivity contribution < 1.29 is 4.42 Å². The van der Waals surface area contributed by atoms with Crippen molar-refractivity contribution in [2.45, 2.75) is 0 Å². The highest BCUT2D eigenvalue weighted by Gasteiger charge is 2.22. The molecular formula is C38H20B4O. The first-order valence-electron chi connectivity index (χ1n) is 14.2. The van der Waals surface area contributed by atoms with Gasteiger partial charge in [0.15, 0.2) is 0 Å². The number of para-hydroxylation sites is 1. The number of hydrogen-bond acceptors (Lipinski definition) is 1. The fourth-order valence-corrected chi connectivity index (χ4v) is 6.60. The van der Waals surface area contributed by atoms with Gasteiger partial charge < -0.3 is 4.42 Å². The lowest BCUT2D eigenvalue weighted by atomic mass is 9.61. The van der Waals surface area contributed by atoms with Crippen molar-refractivity contribution in [3.63, 3.8) is 0 Å². The van der Waals surface area contributed by atoms with Gasteiger partial charge in [-0.1, -0.05) is 125 Å². The summed E-state index contributed by atoms with van der Waals surface area (Å²) in [6.45, 7) is 0. The molecule has 0 aliphatic carbocycles. The van der Waals surface area contributed by atoms with Gasteiger partial charge in [0.2, 0.25) is 0 Å². The van der Waals surface area contributed by atoms with Crippen LogP contribution in [0.3, 0.4) is 0 Å². The van der Waals surface area contributed by atoms with Gasteiger partial charge in [-0.3, -0.25) is 0 Å². The molecule has 0 saturated heterocycles. The maximum Gasteiger partial charge on any atom is 0.135 e. The Morgan fingerprint density at radius 1 is 0.326 bits per heavy atom. The number of fused-ring (bicyclic) bond motifs is 5. The van der Waals surface area contributed by atoms with Crippen LogP contribution in [0.15, 0.2) is 126 Å². The lowest BCUT2D eigenvalue weighted by Crippen LogP contribution is -2.44. The van der Waals surface area contributed by atoms with Gasteiger partial charge in [-0.15, -0.1) is 0 Å². The molecule has 0 N–H and O–H groups in total. The molecule has 0 unspecified atom stereocenters. The first kappa shape index (κ1) is 25.8. The fraction of sp³-hybridized carbons (Fsp3) is 0. The highest BCUT2D eigenvalue weighted by molar-refractivity contribution is 6.63. The lowest BCUT2D eigenvalue weighted by Gasteiger charge is -2.26. The van der Waals surface area contributed by atoms with Gasteiger partial charge >= 0.3 is 0 Å². The summed E-state index contributed by atoms with van der Waals surface area (Å²) in [5, 5.41) is 6.24. The number of rotatable bonds is 3. The maximum absolute atomic E-state index is 6.96. The summed E-state index contributed by atoms with van der Waals surface area (Å²) in [6, 6.07) is 41.0. The van der Waals surface area contributed by atoms with Crippen LogP contribution in [0.2, 0.25) is 0 Å². The molecule has 0 fully saturated rings. The van der Waals surface area contributed by atoms with E-state index < -0.39 is 0 Å². The topological polar surface area (TPSA) is 13.1 Å².